The van der Waals surface area contributed by atoms with Crippen molar-refractivity contribution in [2.45, 2.75) is 44.9 Å². The molecule has 1 aliphatic rings. The highest BCUT2D eigenvalue weighted by Gasteiger charge is 2.31. The van der Waals surface area contributed by atoms with E-state index in [4.69, 9.17) is 4.99 Å². The molecular formula is C18H26F3N5. The lowest BCUT2D eigenvalue weighted by Crippen LogP contribution is -2.50. The Kier molecular flexibility index (Phi) is 5.83. The molecule has 2 rings (SSSR count). The summed E-state index contributed by atoms with van der Waals surface area (Å²) in [4.78, 5) is 10.9. The quantitative estimate of drug-likeness (QED) is 0.632. The van der Waals surface area contributed by atoms with Crippen LogP contribution in [0.1, 0.15) is 32.8 Å². The van der Waals surface area contributed by atoms with Gasteiger partial charge >= 0.3 is 6.18 Å². The second-order valence-corrected chi connectivity index (χ2v) is 7.13. The number of likely N-dealkylation sites (N-methyl/N-ethyl adjacent to an activating group) is 1. The molecule has 0 saturated heterocycles. The summed E-state index contributed by atoms with van der Waals surface area (Å²) in [5, 5.41) is 6.01. The Labute approximate surface area is 152 Å². The Bertz CT molecular complexity index is 694. The predicted molar refractivity (Wildman–Crippen MR) is 99.8 cm³/mol. The molecule has 0 saturated carbocycles. The van der Waals surface area contributed by atoms with Crippen LogP contribution in [0.4, 0.5) is 18.9 Å². The maximum Gasteiger partial charge on any atom is 0.416 e. The lowest BCUT2D eigenvalue weighted by atomic mass is 9.94. The van der Waals surface area contributed by atoms with Gasteiger partial charge in [0.15, 0.2) is 5.96 Å². The fourth-order valence-corrected chi connectivity index (χ4v) is 3.00. The summed E-state index contributed by atoms with van der Waals surface area (Å²) in [5.74, 6) is 1.28. The molecule has 2 N–H and O–H groups in total. The summed E-state index contributed by atoms with van der Waals surface area (Å²) < 4.78 is 38.5. The van der Waals surface area contributed by atoms with E-state index in [1.807, 2.05) is 7.05 Å². The second-order valence-electron chi connectivity index (χ2n) is 7.13. The summed E-state index contributed by atoms with van der Waals surface area (Å²) >= 11 is 0. The monoisotopic (exact) mass is 369 g/mol. The third-order valence-corrected chi connectivity index (χ3v) is 4.39. The summed E-state index contributed by atoms with van der Waals surface area (Å²) in [6.45, 7) is 6.76. The van der Waals surface area contributed by atoms with Gasteiger partial charge in [-0.3, -0.25) is 9.98 Å². The van der Waals surface area contributed by atoms with Gasteiger partial charge in [0.05, 0.1) is 17.6 Å². The van der Waals surface area contributed by atoms with E-state index in [-0.39, 0.29) is 5.54 Å². The van der Waals surface area contributed by atoms with Crippen LogP contribution in [-0.4, -0.2) is 48.9 Å². The van der Waals surface area contributed by atoms with Crippen LogP contribution in [0.3, 0.4) is 0 Å². The number of aliphatic imine (C=N–C) groups is 2. The Morgan fingerprint density at radius 3 is 2.69 bits per heavy atom. The topological polar surface area (TPSA) is 52.0 Å². The van der Waals surface area contributed by atoms with Gasteiger partial charge in [-0.25, -0.2) is 0 Å². The molecule has 1 aliphatic heterocycles. The molecule has 1 atom stereocenters. The van der Waals surface area contributed by atoms with E-state index in [1.54, 1.807) is 13.1 Å². The van der Waals surface area contributed by atoms with Crippen molar-refractivity contribution in [3.05, 3.63) is 29.8 Å². The highest BCUT2D eigenvalue weighted by molar-refractivity contribution is 5.97. The molecule has 1 unspecified atom stereocenters. The molecule has 1 heterocycles. The van der Waals surface area contributed by atoms with E-state index in [0.29, 0.717) is 24.2 Å². The third-order valence-electron chi connectivity index (χ3n) is 4.39. The maximum atomic E-state index is 12.8. The zero-order valence-electron chi connectivity index (χ0n) is 15.8. The van der Waals surface area contributed by atoms with Crippen LogP contribution in [0, 0.1) is 0 Å². The van der Waals surface area contributed by atoms with Crippen molar-refractivity contribution < 1.29 is 13.2 Å². The van der Waals surface area contributed by atoms with E-state index < -0.39 is 11.7 Å². The van der Waals surface area contributed by atoms with Gasteiger partial charge in [0.2, 0.25) is 0 Å². The minimum Gasteiger partial charge on any atom is -0.359 e. The molecule has 0 amide bonds. The first-order chi connectivity index (χ1) is 12.0. The van der Waals surface area contributed by atoms with Crippen molar-refractivity contribution in [2.24, 2.45) is 9.98 Å². The van der Waals surface area contributed by atoms with E-state index in [0.717, 1.165) is 24.4 Å². The molecule has 0 spiro atoms. The molecule has 1 aromatic rings. The molecule has 0 radical (unpaired) electrons. The van der Waals surface area contributed by atoms with Crippen molar-refractivity contribution in [3.8, 4) is 0 Å². The minimum atomic E-state index is -4.38. The molecular weight excluding hydrogens is 343 g/mol. The molecule has 0 aliphatic carbocycles. The lowest BCUT2D eigenvalue weighted by Gasteiger charge is -2.39. The van der Waals surface area contributed by atoms with E-state index >= 15 is 0 Å². The van der Waals surface area contributed by atoms with Crippen LogP contribution in [-0.2, 0) is 6.18 Å². The normalized spacial score (nSPS) is 20.6. The number of nitrogens with zero attached hydrogens (tertiary/aromatic N) is 3. The van der Waals surface area contributed by atoms with Crippen LogP contribution in [0.25, 0.3) is 0 Å². The van der Waals surface area contributed by atoms with Crippen molar-refractivity contribution in [1.82, 2.24) is 10.2 Å². The van der Waals surface area contributed by atoms with Gasteiger partial charge < -0.3 is 15.5 Å². The number of hydrogen-bond donors (Lipinski definition) is 2. The SMILES string of the molecule is CN=C(NCC1=NC(C)(C)CC(C)N1C)Nc1cccc(C(F)(F)F)c1. The first-order valence-corrected chi connectivity index (χ1v) is 8.48. The minimum absolute atomic E-state index is 0.138. The van der Waals surface area contributed by atoms with Crippen molar-refractivity contribution in [2.75, 3.05) is 26.0 Å². The Morgan fingerprint density at radius 2 is 2.08 bits per heavy atom. The van der Waals surface area contributed by atoms with Gasteiger partial charge in [0.25, 0.3) is 0 Å². The number of halogens is 3. The summed E-state index contributed by atoms with van der Waals surface area (Å²) in [7, 11) is 3.56. The van der Waals surface area contributed by atoms with Crippen LogP contribution in [0.2, 0.25) is 0 Å². The van der Waals surface area contributed by atoms with Gasteiger partial charge in [0, 0.05) is 25.8 Å². The molecule has 144 valence electrons. The van der Waals surface area contributed by atoms with Crippen molar-refractivity contribution in [1.29, 1.82) is 0 Å². The highest BCUT2D eigenvalue weighted by Crippen LogP contribution is 2.30. The van der Waals surface area contributed by atoms with Gasteiger partial charge in [-0.1, -0.05) is 6.07 Å². The Hall–Kier alpha value is -2.25. The van der Waals surface area contributed by atoms with Crippen molar-refractivity contribution >= 4 is 17.5 Å². The third kappa shape index (κ3) is 5.12. The average Bonchev–Trinajstić information content (AvgIpc) is 2.54. The molecule has 26 heavy (non-hydrogen) atoms. The molecule has 5 nitrogen and oxygen atoms in total. The number of nitrogens with one attached hydrogen (secondary N) is 2. The first-order valence-electron chi connectivity index (χ1n) is 8.48. The molecule has 1 aromatic carbocycles. The van der Waals surface area contributed by atoms with Crippen molar-refractivity contribution in [3.63, 3.8) is 0 Å². The zero-order valence-corrected chi connectivity index (χ0v) is 15.8. The zero-order chi connectivity index (χ0) is 19.5. The van der Waals surface area contributed by atoms with Gasteiger partial charge in [-0.15, -0.1) is 0 Å². The number of anilines is 1. The second kappa shape index (κ2) is 7.55. The standard InChI is InChI=1S/C18H26F3N5/c1-12-10-17(2,3)25-15(26(12)5)11-23-16(22-4)24-14-8-6-7-13(9-14)18(19,20)21/h6-9,12H,10-11H2,1-5H3,(H2,22,23,24). The largest absolute Gasteiger partial charge is 0.416 e. The maximum absolute atomic E-state index is 12.8. The van der Waals surface area contributed by atoms with Crippen LogP contribution < -0.4 is 10.6 Å². The highest BCUT2D eigenvalue weighted by atomic mass is 19.4. The lowest BCUT2D eigenvalue weighted by molar-refractivity contribution is -0.137. The van der Waals surface area contributed by atoms with E-state index in [2.05, 4.69) is 41.3 Å². The van der Waals surface area contributed by atoms with Gasteiger partial charge in [0.1, 0.15) is 5.84 Å². The number of alkyl halides is 3. The number of benzene rings is 1. The van der Waals surface area contributed by atoms with Gasteiger partial charge in [-0.2, -0.15) is 13.2 Å². The van der Waals surface area contributed by atoms with Crippen LogP contribution >= 0.6 is 0 Å². The van der Waals surface area contributed by atoms with E-state index in [1.165, 1.54) is 6.07 Å². The Balaban J connectivity index is 2.06. The molecule has 0 aromatic heterocycles. The molecule has 0 fully saturated rings. The Morgan fingerprint density at radius 1 is 1.38 bits per heavy atom. The first kappa shape index (κ1) is 20.1. The number of rotatable bonds is 3. The number of hydrogen-bond acceptors (Lipinski definition) is 3. The van der Waals surface area contributed by atoms with Crippen LogP contribution in [0.5, 0.6) is 0 Å². The summed E-state index contributed by atoms with van der Waals surface area (Å²) in [5.41, 5.74) is -0.522. The molecule has 0 bridgehead atoms. The van der Waals surface area contributed by atoms with Crippen LogP contribution in [0.15, 0.2) is 34.3 Å². The smallest absolute Gasteiger partial charge is 0.359 e. The van der Waals surface area contributed by atoms with Gasteiger partial charge in [-0.05, 0) is 45.4 Å². The number of amidine groups is 1. The molecule has 8 heteroatoms. The number of guanidine groups is 1. The fraction of sp³-hybridized carbons (Fsp3) is 0.556. The summed E-state index contributed by atoms with van der Waals surface area (Å²) in [6.07, 6.45) is -3.42. The average molecular weight is 369 g/mol. The summed E-state index contributed by atoms with van der Waals surface area (Å²) in [6, 6.07) is 5.38. The van der Waals surface area contributed by atoms with E-state index in [9.17, 15) is 13.2 Å². The predicted octanol–water partition coefficient (Wildman–Crippen LogP) is 3.59. The fourth-order valence-electron chi connectivity index (χ4n) is 3.00.